The van der Waals surface area contributed by atoms with Gasteiger partial charge in [0.1, 0.15) is 11.4 Å². The van der Waals surface area contributed by atoms with Crippen molar-refractivity contribution in [1.29, 1.82) is 0 Å². The summed E-state index contributed by atoms with van der Waals surface area (Å²) in [7, 11) is 0. The summed E-state index contributed by atoms with van der Waals surface area (Å²) in [5.41, 5.74) is 4.16. The van der Waals surface area contributed by atoms with Crippen LogP contribution in [-0.4, -0.2) is 17.1 Å². The van der Waals surface area contributed by atoms with E-state index in [1.807, 2.05) is 19.9 Å². The van der Waals surface area contributed by atoms with Crippen molar-refractivity contribution < 1.29 is 0 Å². The average Bonchev–Trinajstić information content (AvgIpc) is 3.12. The second kappa shape index (κ2) is 8.57. The van der Waals surface area contributed by atoms with Crippen LogP contribution in [0.15, 0.2) is 63.1 Å². The zero-order valence-electron chi connectivity index (χ0n) is 14.6. The van der Waals surface area contributed by atoms with Crippen LogP contribution in [0.4, 0.5) is 11.4 Å². The Morgan fingerprint density at radius 1 is 0.778 bits per heavy atom. The molecule has 1 heterocycles. The molecule has 0 saturated heterocycles. The first kappa shape index (κ1) is 20.1. The van der Waals surface area contributed by atoms with Gasteiger partial charge in [0.05, 0.1) is 42.9 Å². The molecule has 0 amide bonds. The molecule has 0 N–H and O–H groups in total. The number of para-hydroxylation sites is 2. The Labute approximate surface area is 178 Å². The Morgan fingerprint density at radius 2 is 1.22 bits per heavy atom. The molecule has 3 nitrogen and oxygen atoms in total. The van der Waals surface area contributed by atoms with Gasteiger partial charge in [-0.2, -0.15) is 0 Å². The Kier molecular flexibility index (Phi) is 6.38. The molecule has 0 fully saturated rings. The second-order valence-corrected chi connectivity index (χ2v) is 7.52. The number of hydrogen-bond acceptors (Lipinski definition) is 3. The normalized spacial score (nSPS) is 15.0. The Morgan fingerprint density at radius 3 is 1.70 bits per heavy atom. The first-order valence-corrected chi connectivity index (χ1v) is 9.65. The lowest BCUT2D eigenvalue weighted by Crippen LogP contribution is -2.07. The third-order valence-corrected chi connectivity index (χ3v) is 5.19. The van der Waals surface area contributed by atoms with Gasteiger partial charge in [-0.15, -0.1) is 0 Å². The minimum Gasteiger partial charge on any atom is -0.250 e. The molecule has 1 aliphatic rings. The molecule has 7 heteroatoms. The lowest BCUT2D eigenvalue weighted by atomic mass is 10.2. The van der Waals surface area contributed by atoms with Crippen molar-refractivity contribution in [2.75, 3.05) is 0 Å². The largest absolute Gasteiger partial charge is 0.250 e. The smallest absolute Gasteiger partial charge is 0.101 e. The summed E-state index contributed by atoms with van der Waals surface area (Å²) in [4.78, 5) is 13.7. The third kappa shape index (κ3) is 4.61. The second-order valence-electron chi connectivity index (χ2n) is 5.89. The van der Waals surface area contributed by atoms with E-state index in [0.29, 0.717) is 37.9 Å². The minimum atomic E-state index is 0.496. The van der Waals surface area contributed by atoms with E-state index in [1.165, 1.54) is 0 Å². The predicted octanol–water partition coefficient (Wildman–Crippen LogP) is 7.91. The maximum Gasteiger partial charge on any atom is 0.101 e. The maximum absolute atomic E-state index is 6.19. The van der Waals surface area contributed by atoms with Gasteiger partial charge < -0.3 is 0 Å². The van der Waals surface area contributed by atoms with Gasteiger partial charge in [0.15, 0.2) is 0 Å². The first-order valence-electron chi connectivity index (χ1n) is 8.14. The van der Waals surface area contributed by atoms with Crippen LogP contribution in [0.5, 0.6) is 0 Å². The van der Waals surface area contributed by atoms with Crippen molar-refractivity contribution >= 4 is 74.9 Å². The molecule has 0 radical (unpaired) electrons. The summed E-state index contributed by atoms with van der Waals surface area (Å²) < 4.78 is 0. The number of aliphatic imine (C=N–C) groups is 3. The third-order valence-electron chi connectivity index (χ3n) is 3.97. The Hall–Kier alpha value is -1.65. The van der Waals surface area contributed by atoms with E-state index in [9.17, 15) is 0 Å². The van der Waals surface area contributed by atoms with Gasteiger partial charge in [0, 0.05) is 6.42 Å². The van der Waals surface area contributed by atoms with Gasteiger partial charge in [-0.1, -0.05) is 64.6 Å². The molecule has 0 unspecified atom stereocenters. The first-order chi connectivity index (χ1) is 12.9. The lowest BCUT2D eigenvalue weighted by Gasteiger charge is -2.05. The Bertz CT molecular complexity index is 979. The molecule has 2 aromatic carbocycles. The van der Waals surface area contributed by atoms with Crippen LogP contribution in [0.3, 0.4) is 0 Å². The molecule has 0 bridgehead atoms. The van der Waals surface area contributed by atoms with E-state index in [4.69, 9.17) is 46.4 Å². The van der Waals surface area contributed by atoms with Crippen molar-refractivity contribution in [3.05, 3.63) is 68.3 Å². The predicted molar refractivity (Wildman–Crippen MR) is 119 cm³/mol. The average molecular weight is 439 g/mol. The molecule has 138 valence electrons. The van der Waals surface area contributed by atoms with Gasteiger partial charge in [-0.05, 0) is 38.1 Å². The van der Waals surface area contributed by atoms with E-state index >= 15 is 0 Å². The molecule has 27 heavy (non-hydrogen) atoms. The number of halogens is 4. The highest BCUT2D eigenvalue weighted by Gasteiger charge is 2.15. The zero-order chi connectivity index (χ0) is 19.6. The van der Waals surface area contributed by atoms with Crippen LogP contribution in [0.25, 0.3) is 0 Å². The highest BCUT2D eigenvalue weighted by Crippen LogP contribution is 2.34. The van der Waals surface area contributed by atoms with Crippen LogP contribution < -0.4 is 0 Å². The van der Waals surface area contributed by atoms with Crippen LogP contribution in [0.2, 0.25) is 20.1 Å². The van der Waals surface area contributed by atoms with Crippen molar-refractivity contribution in [1.82, 2.24) is 0 Å². The zero-order valence-corrected chi connectivity index (χ0v) is 17.6. The van der Waals surface area contributed by atoms with Crippen molar-refractivity contribution in [2.24, 2.45) is 15.0 Å². The summed E-state index contributed by atoms with van der Waals surface area (Å²) in [6, 6.07) is 10.6. The van der Waals surface area contributed by atoms with Gasteiger partial charge in [-0.3, -0.25) is 0 Å². The lowest BCUT2D eigenvalue weighted by molar-refractivity contribution is 1.41. The fourth-order valence-corrected chi connectivity index (χ4v) is 3.50. The van der Waals surface area contributed by atoms with Crippen LogP contribution in [-0.2, 0) is 0 Å². The van der Waals surface area contributed by atoms with Gasteiger partial charge >= 0.3 is 0 Å². The van der Waals surface area contributed by atoms with Crippen LogP contribution in [0, 0.1) is 0 Å². The molecule has 2 aromatic rings. The summed E-state index contributed by atoms with van der Waals surface area (Å²) >= 11 is 24.8. The van der Waals surface area contributed by atoms with Gasteiger partial charge in [-0.25, -0.2) is 15.0 Å². The topological polar surface area (TPSA) is 37.1 Å². The molecule has 1 aliphatic heterocycles. The summed E-state index contributed by atoms with van der Waals surface area (Å²) in [6.07, 6.45) is 2.64. The van der Waals surface area contributed by atoms with Crippen LogP contribution in [0.1, 0.15) is 20.3 Å². The fourth-order valence-electron chi connectivity index (χ4n) is 2.54. The number of hydrogen-bond donors (Lipinski definition) is 0. The van der Waals surface area contributed by atoms with E-state index in [-0.39, 0.29) is 0 Å². The van der Waals surface area contributed by atoms with E-state index in [1.54, 1.807) is 36.4 Å². The quantitative estimate of drug-likeness (QED) is 0.434. The molecule has 3 rings (SSSR count). The number of nitrogens with zero attached hydrogens (tertiary/aromatic N) is 3. The highest BCUT2D eigenvalue weighted by atomic mass is 35.5. The van der Waals surface area contributed by atoms with E-state index in [2.05, 4.69) is 15.0 Å². The number of allylic oxidation sites excluding steroid dienone is 2. The van der Waals surface area contributed by atoms with E-state index < -0.39 is 0 Å². The molecular weight excluding hydrogens is 424 g/mol. The van der Waals surface area contributed by atoms with Crippen molar-refractivity contribution in [3.8, 4) is 0 Å². The van der Waals surface area contributed by atoms with E-state index in [0.717, 1.165) is 22.8 Å². The molecule has 0 aliphatic carbocycles. The molecule has 0 saturated carbocycles. The summed E-state index contributed by atoms with van der Waals surface area (Å²) in [6.45, 7) is 3.75. The molecule has 0 spiro atoms. The number of benzene rings is 2. The number of rotatable bonds is 4. The van der Waals surface area contributed by atoms with Crippen molar-refractivity contribution in [3.63, 3.8) is 0 Å². The minimum absolute atomic E-state index is 0.496. The fraction of sp³-hybridized carbons (Fsp3) is 0.150. The monoisotopic (exact) mass is 437 g/mol. The van der Waals surface area contributed by atoms with Crippen LogP contribution >= 0.6 is 46.4 Å². The molecular formula is C20H15Cl4N3. The SMILES string of the molecule is CC(=Nc1c(Cl)cccc1Cl)C1=CCC(C(C)=Nc2c(Cl)cccc2Cl)=N1. The maximum atomic E-state index is 6.19. The Balaban J connectivity index is 1.87. The van der Waals surface area contributed by atoms with Crippen molar-refractivity contribution in [2.45, 2.75) is 20.3 Å². The van der Waals surface area contributed by atoms with Gasteiger partial charge in [0.2, 0.25) is 0 Å². The summed E-state index contributed by atoms with van der Waals surface area (Å²) in [5.74, 6) is 0. The molecule has 0 aromatic heterocycles. The summed E-state index contributed by atoms with van der Waals surface area (Å²) in [5, 5.41) is 1.99. The van der Waals surface area contributed by atoms with Gasteiger partial charge in [0.25, 0.3) is 0 Å². The molecule has 0 atom stereocenters. The highest BCUT2D eigenvalue weighted by molar-refractivity contribution is 6.45. The standard InChI is InChI=1S/C20H15Cl4N3/c1-11(25-19-13(21)5-3-6-14(19)22)17-9-10-18(27-17)12(2)26-20-15(23)7-4-8-16(20)24/h3-9H,10H2,1-2H3.